The molecule has 8 nitrogen and oxygen atoms in total. The Hall–Kier alpha value is -3.26. The lowest BCUT2D eigenvalue weighted by atomic mass is 10.2. The highest BCUT2D eigenvalue weighted by Crippen LogP contribution is 2.57. The van der Waals surface area contributed by atoms with Gasteiger partial charge < -0.3 is 9.42 Å². The Morgan fingerprint density at radius 2 is 2.00 bits per heavy atom. The third-order valence-electron chi connectivity index (χ3n) is 6.05. The fraction of sp³-hybridized carbons (Fsp3) is 0.286. The van der Waals surface area contributed by atoms with E-state index in [1.54, 1.807) is 18.3 Å². The maximum atomic E-state index is 12.6. The third-order valence-corrected chi connectivity index (χ3v) is 6.29. The zero-order valence-electron chi connectivity index (χ0n) is 15.8. The van der Waals surface area contributed by atoms with Crippen molar-refractivity contribution in [1.29, 1.82) is 0 Å². The van der Waals surface area contributed by atoms with Gasteiger partial charge >= 0.3 is 0 Å². The molecule has 0 amide bonds. The van der Waals surface area contributed by atoms with E-state index in [9.17, 15) is 4.79 Å². The van der Waals surface area contributed by atoms with Crippen LogP contribution in [0.3, 0.4) is 0 Å². The number of halogens is 1. The Morgan fingerprint density at radius 3 is 2.83 bits per heavy atom. The summed E-state index contributed by atoms with van der Waals surface area (Å²) in [5.41, 5.74) is 1.41. The number of aromatic nitrogens is 5. The van der Waals surface area contributed by atoms with Crippen molar-refractivity contribution in [2.75, 3.05) is 18.0 Å². The quantitative estimate of drug-likeness (QED) is 0.501. The highest BCUT2D eigenvalue weighted by molar-refractivity contribution is 6.30. The second-order valence-corrected chi connectivity index (χ2v) is 8.27. The van der Waals surface area contributed by atoms with Crippen molar-refractivity contribution >= 4 is 28.3 Å². The number of anilines is 1. The summed E-state index contributed by atoms with van der Waals surface area (Å²) in [4.78, 5) is 27.9. The largest absolute Gasteiger partial charge is 0.371 e. The predicted molar refractivity (Wildman–Crippen MR) is 111 cm³/mol. The minimum Gasteiger partial charge on any atom is -0.371 e. The van der Waals surface area contributed by atoms with Gasteiger partial charge in [0.1, 0.15) is 12.9 Å². The van der Waals surface area contributed by atoms with Gasteiger partial charge in [0.25, 0.3) is 5.56 Å². The molecular weight excluding hydrogens is 404 g/mol. The molecule has 4 heterocycles. The zero-order chi connectivity index (χ0) is 20.2. The normalized spacial score (nSPS) is 22.4. The first-order valence-electron chi connectivity index (χ1n) is 9.80. The molecule has 0 spiro atoms. The first-order valence-corrected chi connectivity index (χ1v) is 10.2. The molecular formula is C21H17ClN6O2. The lowest BCUT2D eigenvalue weighted by molar-refractivity contribution is 0.363. The van der Waals surface area contributed by atoms with Crippen LogP contribution in [0, 0.1) is 11.8 Å². The molecule has 3 aromatic heterocycles. The molecule has 1 aromatic carbocycles. The van der Waals surface area contributed by atoms with Crippen molar-refractivity contribution in [3.05, 3.63) is 76.0 Å². The minimum atomic E-state index is -0.173. The first kappa shape index (κ1) is 17.6. The highest BCUT2D eigenvalue weighted by Gasteiger charge is 2.58. The summed E-state index contributed by atoms with van der Waals surface area (Å²) < 4.78 is 6.90. The van der Waals surface area contributed by atoms with Gasteiger partial charge in [-0.1, -0.05) is 22.8 Å². The predicted octanol–water partition coefficient (Wildman–Crippen LogP) is 2.73. The fourth-order valence-corrected chi connectivity index (χ4v) is 4.70. The fourth-order valence-electron chi connectivity index (χ4n) is 4.52. The van der Waals surface area contributed by atoms with E-state index in [-0.39, 0.29) is 12.1 Å². The van der Waals surface area contributed by atoms with Gasteiger partial charge in [0.2, 0.25) is 5.89 Å². The van der Waals surface area contributed by atoms with Crippen LogP contribution in [0.15, 0.2) is 58.2 Å². The van der Waals surface area contributed by atoms with Crippen LogP contribution < -0.4 is 10.5 Å². The van der Waals surface area contributed by atoms with E-state index in [1.165, 1.54) is 10.9 Å². The Balaban J connectivity index is 1.16. The summed E-state index contributed by atoms with van der Waals surface area (Å²) in [5.74, 6) is 2.49. The molecule has 9 heteroatoms. The van der Waals surface area contributed by atoms with Gasteiger partial charge in [-0.15, -0.1) is 0 Å². The smallest absolute Gasteiger partial charge is 0.263 e. The number of fused-ring (bicyclic) bond motifs is 2. The molecule has 1 unspecified atom stereocenters. The number of piperidine rings is 1. The van der Waals surface area contributed by atoms with E-state index in [0.717, 1.165) is 29.6 Å². The van der Waals surface area contributed by atoms with Crippen LogP contribution in [-0.4, -0.2) is 37.8 Å². The van der Waals surface area contributed by atoms with Gasteiger partial charge in [0.05, 0.1) is 5.39 Å². The number of hydrogen-bond donors (Lipinski definition) is 0. The van der Waals surface area contributed by atoms with Crippen molar-refractivity contribution in [2.24, 2.45) is 11.8 Å². The molecule has 30 heavy (non-hydrogen) atoms. The molecule has 1 saturated heterocycles. The standard InChI is InChI=1S/C21H17ClN6O2/c22-12-3-1-4-13(7-12)27-8-15-16(9-27)18(15)20-25-17(30-26-20)10-28-11-24-19-14(21(28)29)5-2-6-23-19/h1-7,11,15-16,18H,8-10H2/t15-,16+,18?. The molecule has 6 rings (SSSR count). The van der Waals surface area contributed by atoms with Crippen molar-refractivity contribution < 1.29 is 4.52 Å². The Morgan fingerprint density at radius 1 is 1.13 bits per heavy atom. The van der Waals surface area contributed by atoms with Crippen molar-refractivity contribution in [2.45, 2.75) is 12.5 Å². The molecule has 150 valence electrons. The monoisotopic (exact) mass is 420 g/mol. The number of hydrogen-bond acceptors (Lipinski definition) is 7. The molecule has 0 bridgehead atoms. The van der Waals surface area contributed by atoms with E-state index in [1.807, 2.05) is 18.2 Å². The SMILES string of the molecule is O=c1c2cccnc2ncn1Cc1nc(C2[C@H]3CN(c4cccc(Cl)c4)C[C@@H]23)no1. The van der Waals surface area contributed by atoms with Gasteiger partial charge in [-0.05, 0) is 42.2 Å². The van der Waals surface area contributed by atoms with Crippen LogP contribution in [0.25, 0.3) is 11.0 Å². The highest BCUT2D eigenvalue weighted by atomic mass is 35.5. The molecule has 4 aromatic rings. The minimum absolute atomic E-state index is 0.173. The molecule has 2 aliphatic rings. The molecule has 1 aliphatic heterocycles. The van der Waals surface area contributed by atoms with Crippen LogP contribution >= 0.6 is 11.6 Å². The van der Waals surface area contributed by atoms with E-state index in [0.29, 0.717) is 34.7 Å². The van der Waals surface area contributed by atoms with E-state index >= 15 is 0 Å². The summed E-state index contributed by atoms with van der Waals surface area (Å²) in [7, 11) is 0. The van der Waals surface area contributed by atoms with Gasteiger partial charge in [-0.2, -0.15) is 4.98 Å². The Kier molecular flexibility index (Phi) is 3.89. The van der Waals surface area contributed by atoms with Gasteiger partial charge in [-0.3, -0.25) is 9.36 Å². The second-order valence-electron chi connectivity index (χ2n) is 7.84. The van der Waals surface area contributed by atoms with Crippen LogP contribution in [0.5, 0.6) is 0 Å². The molecule has 1 aliphatic carbocycles. The second kappa shape index (κ2) is 6.63. The van der Waals surface area contributed by atoms with Gasteiger partial charge in [0.15, 0.2) is 11.5 Å². The molecule has 0 N–H and O–H groups in total. The van der Waals surface area contributed by atoms with Crippen LogP contribution in [-0.2, 0) is 6.54 Å². The molecule has 3 atom stereocenters. The van der Waals surface area contributed by atoms with E-state index in [2.05, 4.69) is 31.1 Å². The number of pyridine rings is 1. The molecule has 0 radical (unpaired) electrons. The maximum absolute atomic E-state index is 12.6. The lowest BCUT2D eigenvalue weighted by Gasteiger charge is -2.21. The zero-order valence-corrected chi connectivity index (χ0v) is 16.6. The van der Waals surface area contributed by atoms with Crippen molar-refractivity contribution in [1.82, 2.24) is 24.7 Å². The maximum Gasteiger partial charge on any atom is 0.263 e. The van der Waals surface area contributed by atoms with Crippen LogP contribution in [0.4, 0.5) is 5.69 Å². The van der Waals surface area contributed by atoms with Crippen molar-refractivity contribution in [3.63, 3.8) is 0 Å². The summed E-state index contributed by atoms with van der Waals surface area (Å²) in [5, 5.41) is 5.41. The average Bonchev–Trinajstić information content (AvgIpc) is 3.10. The topological polar surface area (TPSA) is 89.9 Å². The summed E-state index contributed by atoms with van der Waals surface area (Å²) in [6, 6.07) is 11.4. The van der Waals surface area contributed by atoms with Gasteiger partial charge in [0, 0.05) is 35.9 Å². The summed E-state index contributed by atoms with van der Waals surface area (Å²) >= 11 is 6.12. The number of benzene rings is 1. The van der Waals surface area contributed by atoms with Crippen molar-refractivity contribution in [3.8, 4) is 0 Å². The third kappa shape index (κ3) is 2.87. The molecule has 1 saturated carbocycles. The Bertz CT molecular complexity index is 1310. The first-order chi connectivity index (χ1) is 14.7. The van der Waals surface area contributed by atoms with Gasteiger partial charge in [-0.25, -0.2) is 9.97 Å². The number of rotatable bonds is 4. The average molecular weight is 421 g/mol. The summed E-state index contributed by atoms with van der Waals surface area (Å²) in [6.45, 7) is 2.11. The summed E-state index contributed by atoms with van der Waals surface area (Å²) in [6.07, 6.45) is 3.08. The van der Waals surface area contributed by atoms with E-state index < -0.39 is 0 Å². The number of nitrogens with zero attached hydrogens (tertiary/aromatic N) is 6. The Labute approximate surface area is 176 Å². The van der Waals surface area contributed by atoms with E-state index in [4.69, 9.17) is 16.1 Å². The van der Waals surface area contributed by atoms with Crippen LogP contribution in [0.2, 0.25) is 5.02 Å². The van der Waals surface area contributed by atoms with Crippen LogP contribution in [0.1, 0.15) is 17.6 Å². The molecule has 2 fully saturated rings. The lowest BCUT2D eigenvalue weighted by Crippen LogP contribution is -2.23.